The molecule has 1 aromatic heterocycles. The quantitative estimate of drug-likeness (QED) is 0.725. The van der Waals surface area contributed by atoms with Crippen LogP contribution in [0.1, 0.15) is 24.2 Å². The van der Waals surface area contributed by atoms with Gasteiger partial charge in [0.15, 0.2) is 0 Å². The van der Waals surface area contributed by atoms with Gasteiger partial charge in [-0.3, -0.25) is 9.59 Å². The van der Waals surface area contributed by atoms with Crippen molar-refractivity contribution in [2.75, 3.05) is 0 Å². The van der Waals surface area contributed by atoms with Gasteiger partial charge >= 0.3 is 5.97 Å². The molecule has 0 amide bonds. The van der Waals surface area contributed by atoms with Gasteiger partial charge in [0.1, 0.15) is 5.76 Å². The summed E-state index contributed by atoms with van der Waals surface area (Å²) in [4.78, 5) is 21.6. The predicted octanol–water partition coefficient (Wildman–Crippen LogP) is 0.548. The van der Waals surface area contributed by atoms with Gasteiger partial charge in [-0.1, -0.05) is 0 Å². The van der Waals surface area contributed by atoms with Crippen LogP contribution in [0, 0.1) is 5.92 Å². The molecule has 0 saturated heterocycles. The molecule has 1 unspecified atom stereocenters. The lowest BCUT2D eigenvalue weighted by Crippen LogP contribution is -2.19. The molecule has 1 heterocycles. The van der Waals surface area contributed by atoms with E-state index in [9.17, 15) is 9.59 Å². The first-order valence-corrected chi connectivity index (χ1v) is 4.58. The third kappa shape index (κ3) is 1.57. The number of aromatic amines is 1. The molecule has 0 fully saturated rings. The number of nitrogens with one attached hydrogen (secondary N) is 1. The van der Waals surface area contributed by atoms with E-state index in [2.05, 4.69) is 5.16 Å². The highest BCUT2D eigenvalue weighted by atomic mass is 16.5. The highest BCUT2D eigenvalue weighted by Crippen LogP contribution is 2.25. The summed E-state index contributed by atoms with van der Waals surface area (Å²) in [6.45, 7) is 0. The van der Waals surface area contributed by atoms with Crippen LogP contribution in [0.5, 0.6) is 0 Å². The van der Waals surface area contributed by atoms with Crippen molar-refractivity contribution < 1.29 is 14.4 Å². The van der Waals surface area contributed by atoms with E-state index in [4.69, 9.17) is 9.63 Å². The van der Waals surface area contributed by atoms with Crippen LogP contribution < -0.4 is 5.56 Å². The van der Waals surface area contributed by atoms with E-state index >= 15 is 0 Å². The summed E-state index contributed by atoms with van der Waals surface area (Å²) >= 11 is 0. The smallest absolute Gasteiger partial charge is 0.303 e. The molecule has 2 N–H and O–H groups in total. The van der Waals surface area contributed by atoms with Gasteiger partial charge in [0.25, 0.3) is 5.56 Å². The van der Waals surface area contributed by atoms with Gasteiger partial charge in [-0.15, -0.1) is 0 Å². The number of aromatic nitrogens is 1. The Morgan fingerprint density at radius 3 is 3.14 bits per heavy atom. The second-order valence-corrected chi connectivity index (χ2v) is 3.64. The number of hydrogen-bond acceptors (Lipinski definition) is 3. The van der Waals surface area contributed by atoms with Crippen LogP contribution in [0.25, 0.3) is 0 Å². The summed E-state index contributed by atoms with van der Waals surface area (Å²) in [5.74, 6) is -0.0669. The second-order valence-electron chi connectivity index (χ2n) is 3.64. The molecular formula is C9H11NO4. The highest BCUT2D eigenvalue weighted by Gasteiger charge is 2.25. The summed E-state index contributed by atoms with van der Waals surface area (Å²) < 4.78 is 4.97. The van der Waals surface area contributed by atoms with Crippen molar-refractivity contribution in [3.05, 3.63) is 21.7 Å². The van der Waals surface area contributed by atoms with E-state index in [1.54, 1.807) is 0 Å². The van der Waals surface area contributed by atoms with Crippen molar-refractivity contribution in [1.82, 2.24) is 5.16 Å². The van der Waals surface area contributed by atoms with Crippen molar-refractivity contribution in [3.8, 4) is 0 Å². The molecular weight excluding hydrogens is 186 g/mol. The molecule has 0 radical (unpaired) electrons. The van der Waals surface area contributed by atoms with E-state index in [0.717, 1.165) is 6.42 Å². The lowest BCUT2D eigenvalue weighted by Gasteiger charge is -2.17. The van der Waals surface area contributed by atoms with Gasteiger partial charge in [-0.25, -0.2) is 0 Å². The maximum atomic E-state index is 11.1. The van der Waals surface area contributed by atoms with Gasteiger partial charge in [0.2, 0.25) is 0 Å². The van der Waals surface area contributed by atoms with Crippen molar-refractivity contribution >= 4 is 5.97 Å². The highest BCUT2D eigenvalue weighted by molar-refractivity contribution is 5.67. The number of rotatable bonds is 2. The molecule has 1 aliphatic carbocycles. The zero-order valence-electron chi connectivity index (χ0n) is 7.58. The van der Waals surface area contributed by atoms with Gasteiger partial charge in [0, 0.05) is 12.8 Å². The molecule has 0 spiro atoms. The molecule has 14 heavy (non-hydrogen) atoms. The first kappa shape index (κ1) is 9.05. The minimum absolute atomic E-state index is 0.0962. The summed E-state index contributed by atoms with van der Waals surface area (Å²) in [5.41, 5.74) is 0.514. The van der Waals surface area contributed by atoms with Crippen molar-refractivity contribution in [2.24, 2.45) is 5.92 Å². The molecule has 0 bridgehead atoms. The molecule has 5 nitrogen and oxygen atoms in total. The Morgan fingerprint density at radius 1 is 1.64 bits per heavy atom. The number of hydrogen-bond donors (Lipinski definition) is 2. The predicted molar refractivity (Wildman–Crippen MR) is 47.1 cm³/mol. The summed E-state index contributed by atoms with van der Waals surface area (Å²) in [7, 11) is 0. The number of fused-ring (bicyclic) bond motifs is 1. The van der Waals surface area contributed by atoms with E-state index in [1.165, 1.54) is 0 Å². The van der Waals surface area contributed by atoms with Crippen molar-refractivity contribution in [3.63, 3.8) is 0 Å². The summed E-state index contributed by atoms with van der Waals surface area (Å²) in [5, 5.41) is 10.9. The summed E-state index contributed by atoms with van der Waals surface area (Å²) in [6, 6.07) is 0. The largest absolute Gasteiger partial charge is 0.481 e. The maximum Gasteiger partial charge on any atom is 0.303 e. The van der Waals surface area contributed by atoms with E-state index in [-0.39, 0.29) is 17.9 Å². The molecule has 0 aromatic carbocycles. The lowest BCUT2D eigenvalue weighted by molar-refractivity contribution is -0.138. The monoisotopic (exact) mass is 197 g/mol. The Kier molecular flexibility index (Phi) is 2.15. The normalized spacial score (nSPS) is 20.4. The molecule has 2 rings (SSSR count). The number of H-pyrrole nitrogens is 1. The average molecular weight is 197 g/mol. The fourth-order valence-corrected chi connectivity index (χ4v) is 1.91. The van der Waals surface area contributed by atoms with Crippen LogP contribution in [0.2, 0.25) is 0 Å². The Balaban J connectivity index is 2.14. The topological polar surface area (TPSA) is 83.3 Å². The van der Waals surface area contributed by atoms with Crippen LogP contribution in [0.3, 0.4) is 0 Å². The lowest BCUT2D eigenvalue weighted by atomic mass is 9.86. The Bertz CT molecular complexity index is 403. The zero-order valence-corrected chi connectivity index (χ0v) is 7.58. The van der Waals surface area contributed by atoms with Crippen LogP contribution in [-0.2, 0) is 17.6 Å². The van der Waals surface area contributed by atoms with Crippen molar-refractivity contribution in [2.45, 2.75) is 25.7 Å². The number of carboxylic acid groups (broad SMARTS) is 1. The van der Waals surface area contributed by atoms with Gasteiger partial charge in [-0.05, 0) is 18.8 Å². The third-order valence-corrected chi connectivity index (χ3v) is 2.62. The average Bonchev–Trinajstić information content (AvgIpc) is 2.46. The molecule has 0 aliphatic heterocycles. The van der Waals surface area contributed by atoms with Gasteiger partial charge in [-0.2, -0.15) is 5.16 Å². The van der Waals surface area contributed by atoms with E-state index < -0.39 is 5.97 Å². The van der Waals surface area contributed by atoms with Crippen LogP contribution in [0.4, 0.5) is 0 Å². The number of carbonyl (C=O) groups is 1. The Labute approximate surface area is 79.7 Å². The number of carboxylic acids is 1. The van der Waals surface area contributed by atoms with E-state index in [0.29, 0.717) is 24.2 Å². The third-order valence-electron chi connectivity index (χ3n) is 2.62. The van der Waals surface area contributed by atoms with Gasteiger partial charge in [0.05, 0.1) is 5.56 Å². The zero-order chi connectivity index (χ0) is 10.1. The first-order chi connectivity index (χ1) is 6.66. The number of aliphatic carboxylic acids is 1. The first-order valence-electron chi connectivity index (χ1n) is 4.58. The molecule has 76 valence electrons. The molecule has 1 aromatic rings. The van der Waals surface area contributed by atoms with E-state index in [1.807, 2.05) is 0 Å². The Hall–Kier alpha value is -1.52. The molecule has 1 atom stereocenters. The SMILES string of the molecule is O=C(O)CC1CCc2c(o[nH]c2=O)C1. The fourth-order valence-electron chi connectivity index (χ4n) is 1.91. The minimum atomic E-state index is -0.795. The van der Waals surface area contributed by atoms with Crippen LogP contribution in [0.15, 0.2) is 9.32 Å². The fraction of sp³-hybridized carbons (Fsp3) is 0.556. The molecule has 5 heteroatoms. The second kappa shape index (κ2) is 3.32. The van der Waals surface area contributed by atoms with Crippen LogP contribution >= 0.6 is 0 Å². The standard InChI is InChI=1S/C9H11NO4/c11-8(12)4-5-1-2-6-7(3-5)14-10-9(6)13/h5H,1-4H2,(H,10,13)(H,11,12). The Morgan fingerprint density at radius 2 is 2.43 bits per heavy atom. The van der Waals surface area contributed by atoms with Crippen molar-refractivity contribution in [1.29, 1.82) is 0 Å². The maximum absolute atomic E-state index is 11.1. The minimum Gasteiger partial charge on any atom is -0.481 e. The summed E-state index contributed by atoms with van der Waals surface area (Å²) in [6.07, 6.45) is 2.08. The van der Waals surface area contributed by atoms with Crippen LogP contribution in [-0.4, -0.2) is 16.2 Å². The molecule has 1 aliphatic rings. The van der Waals surface area contributed by atoms with Gasteiger partial charge < -0.3 is 9.63 Å². The molecule has 0 saturated carbocycles.